The van der Waals surface area contributed by atoms with E-state index in [0.717, 1.165) is 24.1 Å². The Morgan fingerprint density at radius 1 is 1.22 bits per heavy atom. The molecule has 1 saturated heterocycles. The number of nitrogens with one attached hydrogen (secondary N) is 1. The monoisotopic (exact) mass is 446 g/mol. The van der Waals surface area contributed by atoms with E-state index >= 15 is 0 Å². The number of carbonyl (C=O) groups excluding carboxylic acids is 1. The van der Waals surface area contributed by atoms with Crippen LogP contribution in [0.3, 0.4) is 0 Å². The van der Waals surface area contributed by atoms with Crippen molar-refractivity contribution in [2.75, 3.05) is 25.5 Å². The molecule has 0 unspecified atom stereocenters. The highest BCUT2D eigenvalue weighted by Gasteiger charge is 2.31. The summed E-state index contributed by atoms with van der Waals surface area (Å²) in [4.78, 5) is 18.7. The van der Waals surface area contributed by atoms with Gasteiger partial charge >= 0.3 is 12.2 Å². The van der Waals surface area contributed by atoms with Crippen LogP contribution in [0.1, 0.15) is 30.2 Å². The molecular formula is C22H21F3N4O3. The molecule has 1 fully saturated rings. The summed E-state index contributed by atoms with van der Waals surface area (Å²) >= 11 is 0. The van der Waals surface area contributed by atoms with Crippen LogP contribution in [0.15, 0.2) is 53.1 Å². The molecule has 1 aliphatic rings. The first-order chi connectivity index (χ1) is 15.3. The molecule has 0 saturated carbocycles. The number of hydrogen-bond acceptors (Lipinski definition) is 5. The van der Waals surface area contributed by atoms with Crippen LogP contribution >= 0.6 is 0 Å². The van der Waals surface area contributed by atoms with Gasteiger partial charge in [-0.25, -0.2) is 4.79 Å². The van der Waals surface area contributed by atoms with Gasteiger partial charge < -0.3 is 19.5 Å². The molecule has 1 N–H and O–H groups in total. The molecular weight excluding hydrogens is 425 g/mol. The van der Waals surface area contributed by atoms with Gasteiger partial charge in [0.05, 0.1) is 18.6 Å². The normalized spacial score (nSPS) is 16.6. The lowest BCUT2D eigenvalue weighted by Gasteiger charge is -2.31. The number of anilines is 1. The van der Waals surface area contributed by atoms with Crippen molar-refractivity contribution >= 4 is 11.7 Å². The zero-order valence-electron chi connectivity index (χ0n) is 17.2. The van der Waals surface area contributed by atoms with E-state index in [0.29, 0.717) is 37.0 Å². The standard InChI is InChI=1S/C22H21F3N4O3/c1-31-18-9-7-14(8-10-18)19-27-20(32-28-19)15-4-3-11-29(13-15)21(30)26-17-6-2-5-16(12-17)22(23,24)25/h2,5-10,12,15H,3-4,11,13H2,1H3,(H,26,30)/t15-/m0/s1. The number of ether oxygens (including phenoxy) is 1. The summed E-state index contributed by atoms with van der Waals surface area (Å²) in [5.41, 5.74) is 0.0472. The maximum Gasteiger partial charge on any atom is 0.416 e. The third-order valence-electron chi connectivity index (χ3n) is 5.29. The lowest BCUT2D eigenvalue weighted by atomic mass is 9.98. The van der Waals surface area contributed by atoms with Crippen LogP contribution < -0.4 is 10.1 Å². The van der Waals surface area contributed by atoms with E-state index < -0.39 is 17.8 Å². The topological polar surface area (TPSA) is 80.5 Å². The maximum atomic E-state index is 12.9. The number of nitrogens with zero attached hydrogens (tertiary/aromatic N) is 3. The van der Waals surface area contributed by atoms with Crippen LogP contribution in [-0.2, 0) is 6.18 Å². The zero-order valence-corrected chi connectivity index (χ0v) is 17.2. The first kappa shape index (κ1) is 21.7. The third-order valence-corrected chi connectivity index (χ3v) is 5.29. The van der Waals surface area contributed by atoms with E-state index in [9.17, 15) is 18.0 Å². The van der Waals surface area contributed by atoms with Gasteiger partial charge in [-0.2, -0.15) is 18.2 Å². The quantitative estimate of drug-likeness (QED) is 0.598. The van der Waals surface area contributed by atoms with Crippen molar-refractivity contribution in [3.8, 4) is 17.1 Å². The van der Waals surface area contributed by atoms with E-state index in [1.54, 1.807) is 24.1 Å². The van der Waals surface area contributed by atoms with E-state index in [1.165, 1.54) is 12.1 Å². The maximum absolute atomic E-state index is 12.9. The average molecular weight is 446 g/mol. The number of carbonyl (C=O) groups is 1. The summed E-state index contributed by atoms with van der Waals surface area (Å²) in [7, 11) is 1.58. The minimum Gasteiger partial charge on any atom is -0.497 e. The molecule has 1 aliphatic heterocycles. The Bertz CT molecular complexity index is 1080. The Balaban J connectivity index is 1.42. The van der Waals surface area contributed by atoms with Crippen LogP contribution in [0, 0.1) is 0 Å². The number of hydrogen-bond donors (Lipinski definition) is 1. The fourth-order valence-corrected chi connectivity index (χ4v) is 3.60. The van der Waals surface area contributed by atoms with Crippen molar-refractivity contribution in [2.24, 2.45) is 0 Å². The fraction of sp³-hybridized carbons (Fsp3) is 0.318. The molecule has 32 heavy (non-hydrogen) atoms. The summed E-state index contributed by atoms with van der Waals surface area (Å²) in [6.07, 6.45) is -3.00. The lowest BCUT2D eigenvalue weighted by Crippen LogP contribution is -2.41. The molecule has 1 aromatic heterocycles. The van der Waals surface area contributed by atoms with Crippen molar-refractivity contribution in [1.82, 2.24) is 15.0 Å². The number of aromatic nitrogens is 2. The van der Waals surface area contributed by atoms with Gasteiger partial charge in [-0.15, -0.1) is 0 Å². The summed E-state index contributed by atoms with van der Waals surface area (Å²) in [6.45, 7) is 0.815. The van der Waals surface area contributed by atoms with Gasteiger partial charge in [0.2, 0.25) is 11.7 Å². The molecule has 2 heterocycles. The van der Waals surface area contributed by atoms with Gasteiger partial charge in [0.1, 0.15) is 5.75 Å². The second kappa shape index (κ2) is 8.89. The molecule has 0 spiro atoms. The molecule has 0 aliphatic carbocycles. The number of urea groups is 1. The Hall–Kier alpha value is -3.56. The highest BCUT2D eigenvalue weighted by Crippen LogP contribution is 2.31. The van der Waals surface area contributed by atoms with Crippen molar-refractivity contribution in [1.29, 1.82) is 0 Å². The predicted octanol–water partition coefficient (Wildman–Crippen LogP) is 5.18. The van der Waals surface area contributed by atoms with Crippen LogP contribution in [0.4, 0.5) is 23.7 Å². The molecule has 0 radical (unpaired) electrons. The molecule has 3 aromatic rings. The first-order valence-corrected chi connectivity index (χ1v) is 10.0. The number of likely N-dealkylation sites (tertiary alicyclic amines) is 1. The molecule has 1 atom stereocenters. The number of halogens is 3. The molecule has 10 heteroatoms. The van der Waals surface area contributed by atoms with E-state index in [1.807, 2.05) is 12.1 Å². The van der Waals surface area contributed by atoms with Crippen molar-refractivity contribution in [3.63, 3.8) is 0 Å². The first-order valence-electron chi connectivity index (χ1n) is 10.0. The molecule has 2 amide bonds. The Morgan fingerprint density at radius 2 is 2.00 bits per heavy atom. The van der Waals surface area contributed by atoms with Crippen LogP contribution in [0.2, 0.25) is 0 Å². The van der Waals surface area contributed by atoms with Gasteiger partial charge in [-0.1, -0.05) is 11.2 Å². The molecule has 7 nitrogen and oxygen atoms in total. The summed E-state index contributed by atoms with van der Waals surface area (Å²) in [6, 6.07) is 11.3. The number of piperidine rings is 1. The summed E-state index contributed by atoms with van der Waals surface area (Å²) in [5.74, 6) is 1.42. The van der Waals surface area contributed by atoms with E-state index in [4.69, 9.17) is 9.26 Å². The van der Waals surface area contributed by atoms with Gasteiger partial charge in [-0.3, -0.25) is 0 Å². The smallest absolute Gasteiger partial charge is 0.416 e. The fourth-order valence-electron chi connectivity index (χ4n) is 3.60. The van der Waals surface area contributed by atoms with Crippen molar-refractivity contribution in [2.45, 2.75) is 24.9 Å². The average Bonchev–Trinajstić information content (AvgIpc) is 3.29. The number of alkyl halides is 3. The zero-order chi connectivity index (χ0) is 22.7. The van der Waals surface area contributed by atoms with Crippen LogP contribution in [0.25, 0.3) is 11.4 Å². The van der Waals surface area contributed by atoms with Gasteiger partial charge in [0, 0.05) is 24.3 Å². The largest absolute Gasteiger partial charge is 0.497 e. The van der Waals surface area contributed by atoms with Crippen LogP contribution in [-0.4, -0.2) is 41.3 Å². The summed E-state index contributed by atoms with van der Waals surface area (Å²) in [5, 5.41) is 6.58. The Morgan fingerprint density at radius 3 is 2.72 bits per heavy atom. The minimum absolute atomic E-state index is 0.0894. The minimum atomic E-state index is -4.48. The second-order valence-corrected chi connectivity index (χ2v) is 7.48. The van der Waals surface area contributed by atoms with E-state index in [-0.39, 0.29) is 11.6 Å². The van der Waals surface area contributed by atoms with Crippen molar-refractivity contribution < 1.29 is 27.2 Å². The Kier molecular flexibility index (Phi) is 6.02. The lowest BCUT2D eigenvalue weighted by molar-refractivity contribution is -0.137. The second-order valence-electron chi connectivity index (χ2n) is 7.48. The number of methoxy groups -OCH3 is 1. The molecule has 2 aromatic carbocycles. The molecule has 0 bridgehead atoms. The number of rotatable bonds is 4. The van der Waals surface area contributed by atoms with Gasteiger partial charge in [-0.05, 0) is 55.3 Å². The molecule has 168 valence electrons. The van der Waals surface area contributed by atoms with Crippen molar-refractivity contribution in [3.05, 3.63) is 60.0 Å². The third kappa shape index (κ3) is 4.84. The highest BCUT2D eigenvalue weighted by molar-refractivity contribution is 5.89. The predicted molar refractivity (Wildman–Crippen MR) is 110 cm³/mol. The highest BCUT2D eigenvalue weighted by atomic mass is 19.4. The number of benzene rings is 2. The SMILES string of the molecule is COc1ccc(-c2noc([C@H]3CCCN(C(=O)Nc4cccc(C(F)(F)F)c4)C3)n2)cc1. The number of amides is 2. The van der Waals surface area contributed by atoms with Crippen LogP contribution in [0.5, 0.6) is 5.75 Å². The van der Waals surface area contributed by atoms with E-state index in [2.05, 4.69) is 15.5 Å². The van der Waals surface area contributed by atoms with Gasteiger partial charge in [0.25, 0.3) is 0 Å². The Labute approximate surface area is 182 Å². The van der Waals surface area contributed by atoms with Gasteiger partial charge in [0.15, 0.2) is 0 Å². The molecule has 4 rings (SSSR count). The summed E-state index contributed by atoms with van der Waals surface area (Å²) < 4.78 is 49.3.